The van der Waals surface area contributed by atoms with E-state index >= 15 is 0 Å². The standard InChI is InChI=1S/C15H18N2/c1-12-5-3-4-6-14(12)10-17-11-15-7-8-16-9-13(15)2/h3-9,17H,10-11H2,1-2H3. The number of aromatic nitrogens is 1. The number of hydrogen-bond donors (Lipinski definition) is 1. The van der Waals surface area contributed by atoms with Crippen molar-refractivity contribution in [1.82, 2.24) is 10.3 Å². The molecule has 2 heteroatoms. The fraction of sp³-hybridized carbons (Fsp3) is 0.267. The molecular formula is C15H18N2. The van der Waals surface area contributed by atoms with E-state index in [2.05, 4.69) is 54.5 Å². The summed E-state index contributed by atoms with van der Waals surface area (Å²) in [7, 11) is 0. The molecule has 0 atom stereocenters. The zero-order valence-corrected chi connectivity index (χ0v) is 10.4. The van der Waals surface area contributed by atoms with E-state index in [1.54, 1.807) is 0 Å². The third-order valence-corrected chi connectivity index (χ3v) is 3.03. The van der Waals surface area contributed by atoms with Crippen molar-refractivity contribution in [3.8, 4) is 0 Å². The van der Waals surface area contributed by atoms with Crippen molar-refractivity contribution >= 4 is 0 Å². The van der Waals surface area contributed by atoms with Crippen LogP contribution in [-0.2, 0) is 13.1 Å². The molecule has 0 saturated carbocycles. The van der Waals surface area contributed by atoms with Crippen molar-refractivity contribution in [2.75, 3.05) is 0 Å². The van der Waals surface area contributed by atoms with E-state index in [1.807, 2.05) is 12.4 Å². The van der Waals surface area contributed by atoms with Gasteiger partial charge in [0, 0.05) is 25.5 Å². The summed E-state index contributed by atoms with van der Waals surface area (Å²) >= 11 is 0. The van der Waals surface area contributed by atoms with E-state index in [-0.39, 0.29) is 0 Å². The molecule has 1 aromatic heterocycles. The number of benzene rings is 1. The molecule has 0 aliphatic rings. The normalized spacial score (nSPS) is 10.5. The van der Waals surface area contributed by atoms with Gasteiger partial charge < -0.3 is 5.32 Å². The maximum Gasteiger partial charge on any atom is 0.0300 e. The summed E-state index contributed by atoms with van der Waals surface area (Å²) < 4.78 is 0. The molecule has 1 N–H and O–H groups in total. The number of rotatable bonds is 4. The van der Waals surface area contributed by atoms with Gasteiger partial charge in [-0.25, -0.2) is 0 Å². The summed E-state index contributed by atoms with van der Waals surface area (Å²) in [6.45, 7) is 6.05. The van der Waals surface area contributed by atoms with E-state index in [1.165, 1.54) is 22.3 Å². The van der Waals surface area contributed by atoms with Crippen LogP contribution in [0.3, 0.4) is 0 Å². The predicted molar refractivity (Wildman–Crippen MR) is 70.7 cm³/mol. The van der Waals surface area contributed by atoms with Crippen molar-refractivity contribution in [2.45, 2.75) is 26.9 Å². The minimum Gasteiger partial charge on any atom is -0.309 e. The summed E-state index contributed by atoms with van der Waals surface area (Å²) in [6.07, 6.45) is 3.75. The van der Waals surface area contributed by atoms with Gasteiger partial charge in [0.15, 0.2) is 0 Å². The minimum atomic E-state index is 0.892. The van der Waals surface area contributed by atoms with Gasteiger partial charge in [0.1, 0.15) is 0 Å². The topological polar surface area (TPSA) is 24.9 Å². The first-order valence-electron chi connectivity index (χ1n) is 5.92. The van der Waals surface area contributed by atoms with Crippen LogP contribution in [0.2, 0.25) is 0 Å². The molecule has 1 heterocycles. The van der Waals surface area contributed by atoms with Crippen molar-refractivity contribution < 1.29 is 0 Å². The fourth-order valence-corrected chi connectivity index (χ4v) is 1.84. The Labute approximate surface area is 103 Å². The number of nitrogens with one attached hydrogen (secondary N) is 1. The Balaban J connectivity index is 1.93. The second-order valence-electron chi connectivity index (χ2n) is 4.33. The lowest BCUT2D eigenvalue weighted by Crippen LogP contribution is -2.14. The Morgan fingerprint density at radius 2 is 1.65 bits per heavy atom. The first kappa shape index (κ1) is 11.8. The Morgan fingerprint density at radius 3 is 2.35 bits per heavy atom. The highest BCUT2D eigenvalue weighted by atomic mass is 14.8. The third kappa shape index (κ3) is 3.14. The van der Waals surface area contributed by atoms with Crippen LogP contribution < -0.4 is 5.32 Å². The highest BCUT2D eigenvalue weighted by Gasteiger charge is 1.99. The molecule has 17 heavy (non-hydrogen) atoms. The zero-order chi connectivity index (χ0) is 12.1. The van der Waals surface area contributed by atoms with Crippen LogP contribution in [0.25, 0.3) is 0 Å². The van der Waals surface area contributed by atoms with E-state index < -0.39 is 0 Å². The number of nitrogens with zero attached hydrogens (tertiary/aromatic N) is 1. The summed E-state index contributed by atoms with van der Waals surface area (Å²) in [5.41, 5.74) is 5.25. The highest BCUT2D eigenvalue weighted by molar-refractivity contribution is 5.26. The van der Waals surface area contributed by atoms with Gasteiger partial charge in [0.2, 0.25) is 0 Å². The lowest BCUT2D eigenvalue weighted by atomic mass is 10.1. The summed E-state index contributed by atoms with van der Waals surface area (Å²) in [6, 6.07) is 10.5. The van der Waals surface area contributed by atoms with Crippen LogP contribution >= 0.6 is 0 Å². The minimum absolute atomic E-state index is 0.892. The number of aryl methyl sites for hydroxylation is 2. The van der Waals surface area contributed by atoms with E-state index in [4.69, 9.17) is 0 Å². The molecule has 0 radical (unpaired) electrons. The zero-order valence-electron chi connectivity index (χ0n) is 10.4. The van der Waals surface area contributed by atoms with Crippen molar-refractivity contribution in [1.29, 1.82) is 0 Å². The third-order valence-electron chi connectivity index (χ3n) is 3.03. The molecule has 0 aliphatic heterocycles. The van der Waals surface area contributed by atoms with E-state index in [0.717, 1.165) is 13.1 Å². The molecule has 2 aromatic rings. The molecule has 88 valence electrons. The largest absolute Gasteiger partial charge is 0.309 e. The Morgan fingerprint density at radius 1 is 0.941 bits per heavy atom. The summed E-state index contributed by atoms with van der Waals surface area (Å²) in [5, 5.41) is 3.47. The quantitative estimate of drug-likeness (QED) is 0.867. The molecule has 0 saturated heterocycles. The molecular weight excluding hydrogens is 208 g/mol. The van der Waals surface area contributed by atoms with Crippen LogP contribution in [0.15, 0.2) is 42.7 Å². The second-order valence-corrected chi connectivity index (χ2v) is 4.33. The smallest absolute Gasteiger partial charge is 0.0300 e. The highest BCUT2D eigenvalue weighted by Crippen LogP contribution is 2.08. The van der Waals surface area contributed by atoms with Gasteiger partial charge in [0.05, 0.1) is 0 Å². The number of hydrogen-bond acceptors (Lipinski definition) is 2. The fourth-order valence-electron chi connectivity index (χ4n) is 1.84. The maximum atomic E-state index is 4.10. The molecule has 2 nitrogen and oxygen atoms in total. The van der Waals surface area contributed by atoms with Gasteiger partial charge in [-0.3, -0.25) is 4.98 Å². The van der Waals surface area contributed by atoms with Crippen LogP contribution in [0.4, 0.5) is 0 Å². The molecule has 0 amide bonds. The first-order valence-corrected chi connectivity index (χ1v) is 5.92. The predicted octanol–water partition coefficient (Wildman–Crippen LogP) is 2.99. The van der Waals surface area contributed by atoms with Gasteiger partial charge >= 0.3 is 0 Å². The monoisotopic (exact) mass is 226 g/mol. The van der Waals surface area contributed by atoms with Crippen LogP contribution in [-0.4, -0.2) is 4.98 Å². The average Bonchev–Trinajstić information content (AvgIpc) is 2.34. The van der Waals surface area contributed by atoms with Crippen LogP contribution in [0.1, 0.15) is 22.3 Å². The Hall–Kier alpha value is -1.67. The van der Waals surface area contributed by atoms with Crippen molar-refractivity contribution in [2.24, 2.45) is 0 Å². The first-order chi connectivity index (χ1) is 8.27. The number of pyridine rings is 1. The molecule has 1 aromatic carbocycles. The van der Waals surface area contributed by atoms with Gasteiger partial charge in [0.25, 0.3) is 0 Å². The Kier molecular flexibility index (Phi) is 3.89. The molecule has 0 spiro atoms. The van der Waals surface area contributed by atoms with Crippen LogP contribution in [0, 0.1) is 13.8 Å². The van der Waals surface area contributed by atoms with Crippen molar-refractivity contribution in [3.63, 3.8) is 0 Å². The van der Waals surface area contributed by atoms with Gasteiger partial charge in [-0.05, 0) is 42.2 Å². The van der Waals surface area contributed by atoms with Crippen LogP contribution in [0.5, 0.6) is 0 Å². The Bertz CT molecular complexity index is 446. The molecule has 0 bridgehead atoms. The summed E-state index contributed by atoms with van der Waals surface area (Å²) in [4.78, 5) is 4.10. The maximum absolute atomic E-state index is 4.10. The lowest BCUT2D eigenvalue weighted by Gasteiger charge is -2.09. The summed E-state index contributed by atoms with van der Waals surface area (Å²) in [5.74, 6) is 0. The molecule has 0 unspecified atom stereocenters. The lowest BCUT2D eigenvalue weighted by molar-refractivity contribution is 0.687. The van der Waals surface area contributed by atoms with Gasteiger partial charge in [-0.2, -0.15) is 0 Å². The molecule has 2 rings (SSSR count). The van der Waals surface area contributed by atoms with Gasteiger partial charge in [-0.1, -0.05) is 24.3 Å². The molecule has 0 aliphatic carbocycles. The average molecular weight is 226 g/mol. The van der Waals surface area contributed by atoms with E-state index in [0.29, 0.717) is 0 Å². The molecule has 0 fully saturated rings. The van der Waals surface area contributed by atoms with Gasteiger partial charge in [-0.15, -0.1) is 0 Å². The van der Waals surface area contributed by atoms with E-state index in [9.17, 15) is 0 Å². The van der Waals surface area contributed by atoms with Crippen molar-refractivity contribution in [3.05, 3.63) is 65.0 Å². The SMILES string of the molecule is Cc1ccccc1CNCc1ccncc1C. The second kappa shape index (κ2) is 5.60.